The molecule has 2 heterocycles. The fourth-order valence-corrected chi connectivity index (χ4v) is 1.85. The number of aromatic nitrogens is 1. The van der Waals surface area contributed by atoms with Crippen LogP contribution in [0.25, 0.3) is 0 Å². The topological polar surface area (TPSA) is 77.3 Å². The second-order valence-electron chi connectivity index (χ2n) is 4.14. The fraction of sp³-hybridized carbons (Fsp3) is 0.545. The summed E-state index contributed by atoms with van der Waals surface area (Å²) in [5.41, 5.74) is 0.638. The van der Waals surface area contributed by atoms with Crippen LogP contribution in [0.1, 0.15) is 18.5 Å². The maximum atomic E-state index is 10.8. The molecular formula is C11H15N3O3. The van der Waals surface area contributed by atoms with Crippen LogP contribution in [0.2, 0.25) is 0 Å². The number of hydrogen-bond acceptors (Lipinski definition) is 5. The van der Waals surface area contributed by atoms with Crippen LogP contribution in [0.15, 0.2) is 12.1 Å². The van der Waals surface area contributed by atoms with Gasteiger partial charge >= 0.3 is 5.69 Å². The summed E-state index contributed by atoms with van der Waals surface area (Å²) < 4.78 is 5.45. The van der Waals surface area contributed by atoms with Gasteiger partial charge in [-0.05, 0) is 32.4 Å². The number of ether oxygens (including phenoxy) is 1. The first-order valence-corrected chi connectivity index (χ1v) is 5.65. The van der Waals surface area contributed by atoms with E-state index in [2.05, 4.69) is 10.3 Å². The highest BCUT2D eigenvalue weighted by atomic mass is 16.6. The lowest BCUT2D eigenvalue weighted by molar-refractivity contribution is -0.386. The Balaban J connectivity index is 2.07. The molecule has 0 amide bonds. The fourth-order valence-electron chi connectivity index (χ4n) is 1.85. The van der Waals surface area contributed by atoms with Gasteiger partial charge in [0.05, 0.1) is 4.92 Å². The van der Waals surface area contributed by atoms with Crippen LogP contribution < -0.4 is 10.1 Å². The van der Waals surface area contributed by atoms with E-state index in [0.717, 1.165) is 19.4 Å². The summed E-state index contributed by atoms with van der Waals surface area (Å²) in [7, 11) is 0. The molecule has 17 heavy (non-hydrogen) atoms. The Hall–Kier alpha value is -1.69. The van der Waals surface area contributed by atoms with Crippen LogP contribution in [0.4, 0.5) is 5.69 Å². The van der Waals surface area contributed by atoms with Crippen molar-refractivity contribution in [3.63, 3.8) is 0 Å². The molecule has 1 atom stereocenters. The van der Waals surface area contributed by atoms with E-state index < -0.39 is 4.92 Å². The summed E-state index contributed by atoms with van der Waals surface area (Å²) in [6.07, 6.45) is 2.16. The lowest BCUT2D eigenvalue weighted by Gasteiger charge is -2.11. The molecule has 1 aliphatic rings. The molecule has 6 heteroatoms. The van der Waals surface area contributed by atoms with Gasteiger partial charge in [0.2, 0.25) is 0 Å². The van der Waals surface area contributed by atoms with Crippen LogP contribution in [-0.4, -0.2) is 29.1 Å². The summed E-state index contributed by atoms with van der Waals surface area (Å²) in [6, 6.07) is 3.32. The number of nitro groups is 1. The van der Waals surface area contributed by atoms with E-state index in [1.165, 1.54) is 6.07 Å². The standard InChI is InChI=1S/C11H15N3O3/c1-8-4-5-10(14(15)16)11(13-8)17-7-9-3-2-6-12-9/h4-5,9,12H,2-3,6-7H2,1H3. The highest BCUT2D eigenvalue weighted by Gasteiger charge is 2.20. The number of nitrogens with zero attached hydrogens (tertiary/aromatic N) is 2. The second-order valence-corrected chi connectivity index (χ2v) is 4.14. The van der Waals surface area contributed by atoms with Crippen molar-refractivity contribution in [1.29, 1.82) is 0 Å². The molecule has 6 nitrogen and oxygen atoms in total. The molecule has 0 bridgehead atoms. The van der Waals surface area contributed by atoms with Gasteiger partial charge in [0.1, 0.15) is 6.61 Å². The quantitative estimate of drug-likeness (QED) is 0.633. The van der Waals surface area contributed by atoms with Gasteiger partial charge in [-0.2, -0.15) is 0 Å². The van der Waals surface area contributed by atoms with Crippen LogP contribution in [0.3, 0.4) is 0 Å². The Morgan fingerprint density at radius 3 is 3.12 bits per heavy atom. The predicted octanol–water partition coefficient (Wildman–Crippen LogP) is 1.43. The zero-order valence-corrected chi connectivity index (χ0v) is 9.68. The number of rotatable bonds is 4. The third kappa shape index (κ3) is 2.91. The van der Waals surface area contributed by atoms with E-state index in [9.17, 15) is 10.1 Å². The predicted molar refractivity (Wildman–Crippen MR) is 62.1 cm³/mol. The molecule has 1 aliphatic heterocycles. The Morgan fingerprint density at radius 2 is 2.47 bits per heavy atom. The average molecular weight is 237 g/mol. The Bertz CT molecular complexity index is 416. The van der Waals surface area contributed by atoms with E-state index in [-0.39, 0.29) is 17.6 Å². The number of hydrogen-bond donors (Lipinski definition) is 1. The van der Waals surface area contributed by atoms with Crippen LogP contribution >= 0.6 is 0 Å². The van der Waals surface area contributed by atoms with Crippen LogP contribution in [0, 0.1) is 17.0 Å². The van der Waals surface area contributed by atoms with E-state index in [1.54, 1.807) is 13.0 Å². The lowest BCUT2D eigenvalue weighted by Crippen LogP contribution is -2.28. The molecule has 1 unspecified atom stereocenters. The molecule has 0 saturated carbocycles. The van der Waals surface area contributed by atoms with E-state index in [0.29, 0.717) is 12.3 Å². The van der Waals surface area contributed by atoms with Crippen molar-refractivity contribution in [2.45, 2.75) is 25.8 Å². The van der Waals surface area contributed by atoms with Crippen molar-refractivity contribution >= 4 is 5.69 Å². The molecule has 1 aromatic heterocycles. The Morgan fingerprint density at radius 1 is 1.65 bits per heavy atom. The first-order chi connectivity index (χ1) is 8.16. The molecule has 2 rings (SSSR count). The first kappa shape index (κ1) is 11.8. The summed E-state index contributed by atoms with van der Waals surface area (Å²) in [6.45, 7) is 3.19. The summed E-state index contributed by atoms with van der Waals surface area (Å²) in [5.74, 6) is 0.115. The molecule has 1 aromatic rings. The van der Waals surface area contributed by atoms with Gasteiger partial charge in [0.25, 0.3) is 5.88 Å². The average Bonchev–Trinajstić information content (AvgIpc) is 2.78. The SMILES string of the molecule is Cc1ccc([N+](=O)[O-])c(OCC2CCCN2)n1. The monoisotopic (exact) mass is 237 g/mol. The van der Waals surface area contributed by atoms with Crippen molar-refractivity contribution in [2.24, 2.45) is 0 Å². The highest BCUT2D eigenvalue weighted by molar-refractivity contribution is 5.41. The molecule has 0 aliphatic carbocycles. The van der Waals surface area contributed by atoms with Gasteiger partial charge < -0.3 is 10.1 Å². The van der Waals surface area contributed by atoms with Crippen molar-refractivity contribution in [3.8, 4) is 5.88 Å². The maximum Gasteiger partial charge on any atom is 0.330 e. The first-order valence-electron chi connectivity index (χ1n) is 5.65. The second kappa shape index (κ2) is 5.09. The minimum Gasteiger partial charge on any atom is -0.471 e. The molecule has 0 radical (unpaired) electrons. The maximum absolute atomic E-state index is 10.8. The highest BCUT2D eigenvalue weighted by Crippen LogP contribution is 2.24. The van der Waals surface area contributed by atoms with Crippen molar-refractivity contribution < 1.29 is 9.66 Å². The molecule has 1 saturated heterocycles. The molecule has 92 valence electrons. The van der Waals surface area contributed by atoms with E-state index in [4.69, 9.17) is 4.74 Å². The van der Waals surface area contributed by atoms with Crippen LogP contribution in [0.5, 0.6) is 5.88 Å². The zero-order chi connectivity index (χ0) is 12.3. The van der Waals surface area contributed by atoms with Crippen molar-refractivity contribution in [1.82, 2.24) is 10.3 Å². The summed E-state index contributed by atoms with van der Waals surface area (Å²) >= 11 is 0. The van der Waals surface area contributed by atoms with Gasteiger partial charge in [-0.1, -0.05) is 0 Å². The minimum atomic E-state index is -0.468. The molecule has 1 fully saturated rings. The lowest BCUT2D eigenvalue weighted by atomic mass is 10.2. The van der Waals surface area contributed by atoms with Crippen LogP contribution in [-0.2, 0) is 0 Å². The zero-order valence-electron chi connectivity index (χ0n) is 9.68. The van der Waals surface area contributed by atoms with Crippen molar-refractivity contribution in [3.05, 3.63) is 27.9 Å². The van der Waals surface area contributed by atoms with Crippen molar-refractivity contribution in [2.75, 3.05) is 13.2 Å². The van der Waals surface area contributed by atoms with Gasteiger partial charge in [-0.25, -0.2) is 4.98 Å². The van der Waals surface area contributed by atoms with E-state index in [1.807, 2.05) is 0 Å². The van der Waals surface area contributed by atoms with Gasteiger partial charge in [-0.15, -0.1) is 0 Å². The third-order valence-corrected chi connectivity index (χ3v) is 2.76. The van der Waals surface area contributed by atoms with E-state index >= 15 is 0 Å². The summed E-state index contributed by atoms with van der Waals surface area (Å²) in [4.78, 5) is 14.4. The largest absolute Gasteiger partial charge is 0.471 e. The molecule has 0 aromatic carbocycles. The number of nitrogens with one attached hydrogen (secondary N) is 1. The molecule has 1 N–H and O–H groups in total. The summed E-state index contributed by atoms with van der Waals surface area (Å²) in [5, 5.41) is 14.1. The smallest absolute Gasteiger partial charge is 0.330 e. The molecular weight excluding hydrogens is 222 g/mol. The minimum absolute atomic E-state index is 0.0754. The van der Waals surface area contributed by atoms with Gasteiger partial charge in [-0.3, -0.25) is 10.1 Å². The number of aryl methyl sites for hydroxylation is 1. The number of pyridine rings is 1. The third-order valence-electron chi connectivity index (χ3n) is 2.76. The Labute approximate surface area is 99.2 Å². The normalized spacial score (nSPS) is 19.2. The Kier molecular flexibility index (Phi) is 3.53. The van der Waals surface area contributed by atoms with Gasteiger partial charge in [0.15, 0.2) is 0 Å². The molecule has 0 spiro atoms. The van der Waals surface area contributed by atoms with Gasteiger partial charge in [0, 0.05) is 17.8 Å².